The fraction of sp³-hybridized carbons (Fsp3) is 0.457. The first-order valence-corrected chi connectivity index (χ1v) is 21.9. The third kappa shape index (κ3) is 8.54. The van der Waals surface area contributed by atoms with Gasteiger partial charge >= 0.3 is 0 Å². The highest BCUT2D eigenvalue weighted by Crippen LogP contribution is 2.37. The van der Waals surface area contributed by atoms with Crippen LogP contribution in [-0.4, -0.2) is 113 Å². The predicted molar refractivity (Wildman–Crippen MR) is 233 cm³/mol. The van der Waals surface area contributed by atoms with Gasteiger partial charge in [0.1, 0.15) is 18.3 Å². The molecule has 4 aromatic rings. The molecule has 2 aromatic heterocycles. The van der Waals surface area contributed by atoms with Gasteiger partial charge in [-0.1, -0.05) is 13.0 Å². The average Bonchev–Trinajstić information content (AvgIpc) is 3.99. The number of aliphatic imine (C=N–C) groups is 1. The molecular formula is C46H51F3N10O5. The summed E-state index contributed by atoms with van der Waals surface area (Å²) in [7, 11) is 1.81. The summed E-state index contributed by atoms with van der Waals surface area (Å²) in [4.78, 5) is 68.5. The van der Waals surface area contributed by atoms with Crippen LogP contribution in [0, 0.1) is 30.4 Å². The number of imide groups is 1. The van der Waals surface area contributed by atoms with Crippen molar-refractivity contribution in [3.05, 3.63) is 82.7 Å². The minimum absolute atomic E-state index is 0.00672. The van der Waals surface area contributed by atoms with Crippen molar-refractivity contribution in [2.75, 3.05) is 67.7 Å². The molecule has 7 heterocycles. The Bertz CT molecular complexity index is 2530. The van der Waals surface area contributed by atoms with Gasteiger partial charge in [0.15, 0.2) is 0 Å². The first-order valence-electron chi connectivity index (χ1n) is 21.9. The van der Waals surface area contributed by atoms with E-state index in [0.717, 1.165) is 29.8 Å². The highest BCUT2D eigenvalue weighted by Gasteiger charge is 2.39. The lowest BCUT2D eigenvalue weighted by Gasteiger charge is -2.41. The Balaban J connectivity index is 0.866. The molecule has 0 radical (unpaired) electrons. The van der Waals surface area contributed by atoms with E-state index in [4.69, 9.17) is 4.74 Å². The number of amides is 4. The van der Waals surface area contributed by atoms with E-state index in [1.165, 1.54) is 12.1 Å². The van der Waals surface area contributed by atoms with Crippen LogP contribution in [0.15, 0.2) is 53.7 Å². The maximum absolute atomic E-state index is 15.3. The third-order valence-electron chi connectivity index (χ3n) is 13.0. The maximum atomic E-state index is 15.3. The summed E-state index contributed by atoms with van der Waals surface area (Å²) in [6.07, 6.45) is 3.79. The van der Waals surface area contributed by atoms with Gasteiger partial charge in [-0.05, 0) is 80.5 Å². The highest BCUT2D eigenvalue weighted by molar-refractivity contribution is 6.19. The number of anilines is 3. The molecule has 3 fully saturated rings. The number of nitrogens with zero attached hydrogens (tertiary/aromatic N) is 8. The molecule has 0 unspecified atom stereocenters. The Kier molecular flexibility index (Phi) is 11.9. The van der Waals surface area contributed by atoms with Crippen LogP contribution in [0.5, 0.6) is 5.88 Å². The van der Waals surface area contributed by atoms with Crippen molar-refractivity contribution in [2.45, 2.75) is 64.5 Å². The van der Waals surface area contributed by atoms with E-state index >= 15 is 8.78 Å². The van der Waals surface area contributed by atoms with Gasteiger partial charge in [-0.3, -0.25) is 34.4 Å². The number of pyridine rings is 1. The Morgan fingerprint density at radius 3 is 2.55 bits per heavy atom. The predicted octanol–water partition coefficient (Wildman–Crippen LogP) is 5.33. The van der Waals surface area contributed by atoms with Crippen molar-refractivity contribution >= 4 is 46.7 Å². The third-order valence-corrected chi connectivity index (χ3v) is 13.0. The van der Waals surface area contributed by atoms with Gasteiger partial charge in [0.2, 0.25) is 29.6 Å². The lowest BCUT2D eigenvalue weighted by molar-refractivity contribution is -0.140. The van der Waals surface area contributed by atoms with E-state index in [2.05, 4.69) is 48.5 Å². The number of nitrogens with one attached hydrogen (secondary N) is 2. The van der Waals surface area contributed by atoms with Crippen LogP contribution in [0.3, 0.4) is 0 Å². The number of piperidine rings is 1. The van der Waals surface area contributed by atoms with Gasteiger partial charge in [0.05, 0.1) is 53.3 Å². The quantitative estimate of drug-likeness (QED) is 0.241. The summed E-state index contributed by atoms with van der Waals surface area (Å²) in [6.45, 7) is 6.61. The van der Waals surface area contributed by atoms with E-state index in [9.17, 15) is 23.6 Å². The molecule has 5 aliphatic rings. The van der Waals surface area contributed by atoms with Gasteiger partial charge in [0.25, 0.3) is 5.91 Å². The molecule has 15 nitrogen and oxygen atoms in total. The van der Waals surface area contributed by atoms with Crippen LogP contribution < -0.4 is 25.2 Å². The second-order valence-corrected chi connectivity index (χ2v) is 17.6. The van der Waals surface area contributed by atoms with Gasteiger partial charge in [-0.2, -0.15) is 10.1 Å². The van der Waals surface area contributed by atoms with Crippen LogP contribution in [0.1, 0.15) is 72.1 Å². The Hall–Kier alpha value is -6.30. The van der Waals surface area contributed by atoms with E-state index < -0.39 is 53.9 Å². The zero-order valence-corrected chi connectivity index (χ0v) is 36.1. The van der Waals surface area contributed by atoms with E-state index in [0.29, 0.717) is 86.7 Å². The molecule has 3 saturated heterocycles. The summed E-state index contributed by atoms with van der Waals surface area (Å²) in [5.41, 5.74) is 4.90. The molecular weight excluding hydrogens is 830 g/mol. The number of aromatic nitrogens is 3. The van der Waals surface area contributed by atoms with E-state index in [1.54, 1.807) is 32.8 Å². The molecule has 9 rings (SSSR count). The number of fused-ring (bicyclic) bond motifs is 7. The summed E-state index contributed by atoms with van der Waals surface area (Å²) in [6, 6.07) is 11.2. The number of ether oxygens (including phenoxy) is 1. The van der Waals surface area contributed by atoms with E-state index in [-0.39, 0.29) is 42.5 Å². The average molecular weight is 881 g/mol. The number of hydrogen-bond donors (Lipinski definition) is 2. The SMILES string of the molecule is Cc1cc2cc(n1)-c1cnn(C)c1OCCC[C@@H](C)CN1/C(=N/C2=O)Nc2ccc(CN3CCN(C(=O)[C@@H]4CCN(c5cc(F)c([C@H]6CCC(=O)NC6=O)c(F)c5)C4)[C@@H](CF)C3)cc21. The number of guanidine groups is 1. The van der Waals surface area contributed by atoms with Crippen LogP contribution in [0.25, 0.3) is 11.3 Å². The number of piperazine rings is 1. The fourth-order valence-corrected chi connectivity index (χ4v) is 9.68. The van der Waals surface area contributed by atoms with Gasteiger partial charge in [-0.15, -0.1) is 0 Å². The molecule has 18 heteroatoms. The monoisotopic (exact) mass is 880 g/mol. The first-order chi connectivity index (χ1) is 30.8. The lowest BCUT2D eigenvalue weighted by atomic mass is 9.89. The van der Waals surface area contributed by atoms with Crippen molar-refractivity contribution in [1.82, 2.24) is 29.9 Å². The van der Waals surface area contributed by atoms with Crippen LogP contribution >= 0.6 is 0 Å². The van der Waals surface area contributed by atoms with E-state index in [1.807, 2.05) is 26.1 Å². The van der Waals surface area contributed by atoms with Crippen LogP contribution in [-0.2, 0) is 28.0 Å². The Labute approximate surface area is 368 Å². The number of alkyl halides is 1. The van der Waals surface area contributed by atoms with Crippen LogP contribution in [0.4, 0.5) is 30.2 Å². The van der Waals surface area contributed by atoms with Crippen molar-refractivity contribution in [1.29, 1.82) is 0 Å². The molecule has 2 N–H and O–H groups in total. The number of carbonyl (C=O) groups excluding carboxylic acids is 4. The second-order valence-electron chi connectivity index (χ2n) is 17.6. The second kappa shape index (κ2) is 17.7. The summed E-state index contributed by atoms with van der Waals surface area (Å²) in [5.74, 6) is -3.92. The minimum atomic E-state index is -1.10. The first kappa shape index (κ1) is 43.0. The molecule has 0 saturated carbocycles. The number of rotatable bonds is 6. The standard InChI is InChI=1S/C46H51F3N10O5/c1-26-5-4-14-64-45-34(21-50-55(45)3)38-17-30(15-27(2)51-38)42(61)54-46-52-37-8-6-28(16-39(37)59(46)22-26)23-56-12-13-58(32(20-47)25-56)44(63)29-10-11-57(24-29)31-18-35(48)41(36(49)19-31)33-7-9-40(60)53-43(33)62/h6,8,15-19,21,26,29,32-33H,4-5,7,9-14,20,22-25H2,1-3H3,(H,52,54,61)(H,53,60,62)/t26-,29-,32+,33-/m1/s1. The van der Waals surface area contributed by atoms with Crippen molar-refractivity contribution in [2.24, 2.45) is 23.9 Å². The highest BCUT2D eigenvalue weighted by atomic mass is 19.1. The molecule has 2 bridgehead atoms. The molecule has 64 heavy (non-hydrogen) atoms. The topological polar surface area (TPSA) is 158 Å². The van der Waals surface area contributed by atoms with Gasteiger partial charge in [-0.25, -0.2) is 17.9 Å². The number of hydrogen-bond acceptors (Lipinski definition) is 11. The zero-order chi connectivity index (χ0) is 44.8. The maximum Gasteiger partial charge on any atom is 0.280 e. The minimum Gasteiger partial charge on any atom is -0.477 e. The number of benzene rings is 2. The zero-order valence-electron chi connectivity index (χ0n) is 36.1. The summed E-state index contributed by atoms with van der Waals surface area (Å²) < 4.78 is 53.4. The number of aryl methyl sites for hydroxylation is 2. The fourth-order valence-electron chi connectivity index (χ4n) is 9.68. The molecule has 5 aliphatic heterocycles. The van der Waals surface area contributed by atoms with Crippen molar-refractivity contribution in [3.8, 4) is 17.1 Å². The molecule has 336 valence electrons. The normalized spacial score (nSPS) is 23.8. The summed E-state index contributed by atoms with van der Waals surface area (Å²) >= 11 is 0. The molecule has 4 atom stereocenters. The molecule has 2 aromatic carbocycles. The number of halogens is 3. The molecule has 0 aliphatic carbocycles. The smallest absolute Gasteiger partial charge is 0.280 e. The Morgan fingerprint density at radius 2 is 1.77 bits per heavy atom. The van der Waals surface area contributed by atoms with Gasteiger partial charge in [0, 0.05) is 81.8 Å². The Morgan fingerprint density at radius 1 is 0.953 bits per heavy atom. The molecule has 0 spiro atoms. The van der Waals surface area contributed by atoms with Gasteiger partial charge < -0.3 is 24.8 Å². The van der Waals surface area contributed by atoms with Crippen molar-refractivity contribution < 1.29 is 37.1 Å². The molecule has 4 amide bonds. The lowest BCUT2D eigenvalue weighted by Crippen LogP contribution is -2.57. The van der Waals surface area contributed by atoms with Crippen molar-refractivity contribution in [3.63, 3.8) is 0 Å². The van der Waals surface area contributed by atoms with Crippen LogP contribution in [0.2, 0.25) is 0 Å². The number of carbonyl (C=O) groups is 4. The summed E-state index contributed by atoms with van der Waals surface area (Å²) in [5, 5.41) is 9.91. The largest absolute Gasteiger partial charge is 0.477 e.